The van der Waals surface area contributed by atoms with E-state index in [0.717, 1.165) is 83.1 Å². The van der Waals surface area contributed by atoms with E-state index in [1.165, 1.54) is 5.56 Å². The molecular formula is C46H29N3O. The Morgan fingerprint density at radius 3 is 1.86 bits per heavy atom. The monoisotopic (exact) mass is 639 g/mol. The predicted molar refractivity (Wildman–Crippen MR) is 205 cm³/mol. The molecule has 0 amide bonds. The lowest BCUT2D eigenvalue weighted by Crippen LogP contribution is -1.97. The Hall–Kier alpha value is -6.78. The number of para-hydroxylation sites is 2. The van der Waals surface area contributed by atoms with E-state index >= 15 is 0 Å². The van der Waals surface area contributed by atoms with Crippen molar-refractivity contribution < 1.29 is 4.42 Å². The molecule has 0 fully saturated rings. The van der Waals surface area contributed by atoms with Gasteiger partial charge in [-0.05, 0) is 59.7 Å². The molecule has 4 heteroatoms. The molecule has 7 aromatic carbocycles. The number of hydrogen-bond acceptors (Lipinski definition) is 3. The third kappa shape index (κ3) is 4.61. The van der Waals surface area contributed by atoms with Crippen LogP contribution in [0.1, 0.15) is 0 Å². The fourth-order valence-corrected chi connectivity index (χ4v) is 7.30. The normalized spacial score (nSPS) is 11.6. The first kappa shape index (κ1) is 28.3. The van der Waals surface area contributed by atoms with Crippen molar-refractivity contribution in [2.45, 2.75) is 0 Å². The van der Waals surface area contributed by atoms with Crippen molar-refractivity contribution >= 4 is 43.7 Å². The number of hydrogen-bond donors (Lipinski definition) is 0. The van der Waals surface area contributed by atoms with Gasteiger partial charge in [0.05, 0.1) is 22.4 Å². The minimum atomic E-state index is 0.691. The molecule has 3 aromatic heterocycles. The van der Waals surface area contributed by atoms with Crippen LogP contribution in [0.2, 0.25) is 0 Å². The molecule has 0 saturated carbocycles. The molecule has 0 radical (unpaired) electrons. The molecule has 0 aliphatic heterocycles. The Kier molecular flexibility index (Phi) is 6.46. The topological polar surface area (TPSA) is 43.9 Å². The van der Waals surface area contributed by atoms with Crippen LogP contribution >= 0.6 is 0 Å². The highest BCUT2D eigenvalue weighted by Crippen LogP contribution is 2.40. The van der Waals surface area contributed by atoms with E-state index in [1.807, 2.05) is 24.3 Å². The van der Waals surface area contributed by atoms with Gasteiger partial charge in [0.15, 0.2) is 5.82 Å². The largest absolute Gasteiger partial charge is 0.456 e. The van der Waals surface area contributed by atoms with Crippen LogP contribution < -0.4 is 0 Å². The van der Waals surface area contributed by atoms with Crippen molar-refractivity contribution in [1.29, 1.82) is 0 Å². The van der Waals surface area contributed by atoms with Crippen molar-refractivity contribution in [2.24, 2.45) is 0 Å². The molecule has 10 aromatic rings. The van der Waals surface area contributed by atoms with Crippen molar-refractivity contribution in [1.82, 2.24) is 14.5 Å². The maximum Gasteiger partial charge on any atom is 0.161 e. The van der Waals surface area contributed by atoms with Crippen molar-refractivity contribution in [3.05, 3.63) is 176 Å². The zero-order valence-corrected chi connectivity index (χ0v) is 27.0. The molecule has 50 heavy (non-hydrogen) atoms. The van der Waals surface area contributed by atoms with E-state index in [-0.39, 0.29) is 0 Å². The molecule has 0 N–H and O–H groups in total. The summed E-state index contributed by atoms with van der Waals surface area (Å²) < 4.78 is 8.53. The minimum Gasteiger partial charge on any atom is -0.456 e. The lowest BCUT2D eigenvalue weighted by Gasteiger charge is -2.12. The van der Waals surface area contributed by atoms with E-state index in [2.05, 4.69) is 156 Å². The summed E-state index contributed by atoms with van der Waals surface area (Å²) in [5.41, 5.74) is 12.2. The van der Waals surface area contributed by atoms with Crippen LogP contribution in [-0.4, -0.2) is 14.5 Å². The number of furan rings is 1. The van der Waals surface area contributed by atoms with Gasteiger partial charge in [0, 0.05) is 43.9 Å². The lowest BCUT2D eigenvalue weighted by molar-refractivity contribution is 0.669. The summed E-state index contributed by atoms with van der Waals surface area (Å²) >= 11 is 0. The highest BCUT2D eigenvalue weighted by Gasteiger charge is 2.20. The predicted octanol–water partition coefficient (Wildman–Crippen LogP) is 12.1. The summed E-state index contributed by atoms with van der Waals surface area (Å²) in [5, 5.41) is 4.48. The molecule has 4 nitrogen and oxygen atoms in total. The van der Waals surface area contributed by atoms with Crippen LogP contribution in [0.4, 0.5) is 0 Å². The smallest absolute Gasteiger partial charge is 0.161 e. The van der Waals surface area contributed by atoms with Gasteiger partial charge < -0.3 is 8.98 Å². The average Bonchev–Trinajstić information content (AvgIpc) is 3.74. The van der Waals surface area contributed by atoms with Gasteiger partial charge in [-0.1, -0.05) is 127 Å². The first-order valence-corrected chi connectivity index (χ1v) is 16.8. The van der Waals surface area contributed by atoms with Gasteiger partial charge in [-0.15, -0.1) is 0 Å². The van der Waals surface area contributed by atoms with Crippen LogP contribution in [-0.2, 0) is 0 Å². The summed E-state index contributed by atoms with van der Waals surface area (Å²) in [4.78, 5) is 10.6. The molecule has 0 unspecified atom stereocenters. The zero-order valence-electron chi connectivity index (χ0n) is 27.0. The molecule has 3 heterocycles. The fraction of sp³-hybridized carbons (Fsp3) is 0. The molecule has 234 valence electrons. The Balaban J connectivity index is 1.21. The van der Waals surface area contributed by atoms with Gasteiger partial charge in [0.2, 0.25) is 0 Å². The number of benzene rings is 7. The molecule has 0 saturated heterocycles. The fourth-order valence-electron chi connectivity index (χ4n) is 7.30. The molecule has 0 bridgehead atoms. The Labute approximate surface area is 288 Å². The summed E-state index contributed by atoms with van der Waals surface area (Å²) in [7, 11) is 0. The number of rotatable bonds is 5. The number of nitrogens with zero attached hydrogens (tertiary/aromatic N) is 3. The number of fused-ring (bicyclic) bond motifs is 6. The first-order chi connectivity index (χ1) is 24.8. The van der Waals surface area contributed by atoms with Crippen molar-refractivity contribution in [3.8, 4) is 50.7 Å². The molecular weight excluding hydrogens is 611 g/mol. The average molecular weight is 640 g/mol. The van der Waals surface area contributed by atoms with E-state index in [9.17, 15) is 0 Å². The third-order valence-electron chi connectivity index (χ3n) is 9.62. The number of aromatic nitrogens is 3. The third-order valence-corrected chi connectivity index (χ3v) is 9.62. The Morgan fingerprint density at radius 2 is 1.02 bits per heavy atom. The van der Waals surface area contributed by atoms with Crippen molar-refractivity contribution in [2.75, 3.05) is 0 Å². The molecule has 0 atom stereocenters. The lowest BCUT2D eigenvalue weighted by atomic mass is 10.00. The van der Waals surface area contributed by atoms with Crippen LogP contribution in [0.3, 0.4) is 0 Å². The highest BCUT2D eigenvalue weighted by atomic mass is 16.3. The van der Waals surface area contributed by atoms with E-state index < -0.39 is 0 Å². The van der Waals surface area contributed by atoms with Crippen LogP contribution in [0, 0.1) is 0 Å². The highest BCUT2D eigenvalue weighted by molar-refractivity contribution is 6.15. The van der Waals surface area contributed by atoms with E-state index in [4.69, 9.17) is 14.4 Å². The van der Waals surface area contributed by atoms with Crippen LogP contribution in [0.25, 0.3) is 94.5 Å². The molecule has 0 spiro atoms. The second-order valence-electron chi connectivity index (χ2n) is 12.6. The van der Waals surface area contributed by atoms with E-state index in [1.54, 1.807) is 0 Å². The maximum atomic E-state index is 6.18. The second kappa shape index (κ2) is 11.4. The van der Waals surface area contributed by atoms with Crippen molar-refractivity contribution in [3.63, 3.8) is 0 Å². The SMILES string of the molecule is c1ccc(-c2cccc(-c3cc(-c4ccccc4)nc(-c4cccc5c4c4ccccc4n5-c4ccc5oc6ccccc6c5c4)n3)c2)cc1. The van der Waals surface area contributed by atoms with Crippen LogP contribution in [0.5, 0.6) is 0 Å². The quantitative estimate of drug-likeness (QED) is 0.188. The van der Waals surface area contributed by atoms with Gasteiger partial charge in [-0.2, -0.15) is 0 Å². The maximum absolute atomic E-state index is 6.18. The molecule has 0 aliphatic rings. The Bertz CT molecular complexity index is 2870. The molecule has 0 aliphatic carbocycles. The van der Waals surface area contributed by atoms with E-state index in [0.29, 0.717) is 5.82 Å². The summed E-state index contributed by atoms with van der Waals surface area (Å²) in [6.45, 7) is 0. The van der Waals surface area contributed by atoms with Gasteiger partial charge in [0.1, 0.15) is 11.2 Å². The van der Waals surface area contributed by atoms with Gasteiger partial charge in [0.25, 0.3) is 0 Å². The summed E-state index contributed by atoms with van der Waals surface area (Å²) in [6.07, 6.45) is 0. The Morgan fingerprint density at radius 1 is 0.400 bits per heavy atom. The van der Waals surface area contributed by atoms with Gasteiger partial charge >= 0.3 is 0 Å². The van der Waals surface area contributed by atoms with Gasteiger partial charge in [-0.25, -0.2) is 9.97 Å². The second-order valence-corrected chi connectivity index (χ2v) is 12.6. The molecule has 10 rings (SSSR count). The summed E-state index contributed by atoms with van der Waals surface area (Å²) in [6, 6.07) is 61.3. The zero-order chi connectivity index (χ0) is 33.0. The standard InChI is InChI=1S/C46H29N3O/c1-3-13-30(14-4-1)32-17-11-18-33(27-32)40-29-39(31-15-5-2-6-16-31)47-46(48-40)37-21-12-23-42-45(37)36-20-7-9-22-41(36)49(42)34-25-26-44-38(28-34)35-19-8-10-24-43(35)50-44/h1-29H. The summed E-state index contributed by atoms with van der Waals surface area (Å²) in [5.74, 6) is 0.691. The van der Waals surface area contributed by atoms with Crippen LogP contribution in [0.15, 0.2) is 180 Å². The minimum absolute atomic E-state index is 0.691. The van der Waals surface area contributed by atoms with Gasteiger partial charge in [-0.3, -0.25) is 0 Å². The first-order valence-electron chi connectivity index (χ1n) is 16.8.